The van der Waals surface area contributed by atoms with Crippen LogP contribution >= 0.6 is 0 Å². The summed E-state index contributed by atoms with van der Waals surface area (Å²) < 4.78 is 3.45. The van der Waals surface area contributed by atoms with Crippen molar-refractivity contribution in [3.63, 3.8) is 0 Å². The van der Waals surface area contributed by atoms with Crippen molar-refractivity contribution in [2.75, 3.05) is 0 Å². The van der Waals surface area contributed by atoms with E-state index in [1.807, 2.05) is 0 Å². The van der Waals surface area contributed by atoms with E-state index in [4.69, 9.17) is 0 Å². The van der Waals surface area contributed by atoms with Gasteiger partial charge in [0.15, 0.2) is 0 Å². The van der Waals surface area contributed by atoms with E-state index in [-0.39, 0.29) is 0 Å². The fourth-order valence-electron chi connectivity index (χ4n) is 21.4. The summed E-state index contributed by atoms with van der Waals surface area (Å²) in [4.78, 5) is 10.5. The fraction of sp³-hybridized carbons (Fsp3) is 1.00. The van der Waals surface area contributed by atoms with Crippen LogP contribution in [0, 0.1) is 0 Å². The van der Waals surface area contributed by atoms with Gasteiger partial charge in [-0.05, 0) is 0 Å². The summed E-state index contributed by atoms with van der Waals surface area (Å²) in [6.45, 7) is 4.93. The fourth-order valence-corrected chi connectivity index (χ4v) is 104. The van der Waals surface area contributed by atoms with E-state index >= 15 is 0 Å². The second-order valence-electron chi connectivity index (χ2n) is 11.4. The number of rotatable bonds is 3. The molecular weight excluding hydrogens is 248 g/mol. The molecule has 8 unspecified atom stereocenters. The van der Waals surface area contributed by atoms with Crippen LogP contribution in [0.2, 0.25) is 46.7 Å². The summed E-state index contributed by atoms with van der Waals surface area (Å²) in [6.07, 6.45) is 4.99. The quantitative estimate of drug-likeness (QED) is 0.575. The molecule has 0 aliphatic carbocycles. The van der Waals surface area contributed by atoms with Gasteiger partial charge in [0.25, 0.3) is 0 Å². The Labute approximate surface area is 93.2 Å². The monoisotopic (exact) mass is 270 g/mol. The van der Waals surface area contributed by atoms with Crippen LogP contribution in [0.5, 0.6) is 0 Å². The van der Waals surface area contributed by atoms with Gasteiger partial charge in [0.05, 0.1) is 0 Å². The van der Waals surface area contributed by atoms with Crippen LogP contribution in [0.1, 0.15) is 40.0 Å². The van der Waals surface area contributed by atoms with Crippen LogP contribution in [-0.4, -0.2) is 0 Å². The molecule has 17 heavy (non-hydrogen) atoms. The first kappa shape index (κ1) is 6.80. The van der Waals surface area contributed by atoms with Crippen LogP contribution in [0.25, 0.3) is 0 Å². The van der Waals surface area contributed by atoms with E-state index in [0.717, 1.165) is 12.9 Å². The molecule has 0 bridgehead atoms. The summed E-state index contributed by atoms with van der Waals surface area (Å²) in [5.74, 6) is 0. The van der Waals surface area contributed by atoms with Gasteiger partial charge in [-0.2, -0.15) is 0 Å². The first-order valence-corrected chi connectivity index (χ1v) is 14.3. The van der Waals surface area contributed by atoms with Crippen LogP contribution in [-0.2, 0) is 6.51 Å². The van der Waals surface area contributed by atoms with Gasteiger partial charge < -0.3 is 0 Å². The van der Waals surface area contributed by atoms with Gasteiger partial charge in [-0.15, -0.1) is 0 Å². The van der Waals surface area contributed by atoms with E-state index in [1.54, 1.807) is 19.3 Å². The normalized spacial score (nSPS) is 128. The third-order valence-corrected chi connectivity index (χ3v) is 63.0. The Balaban J connectivity index is 1.78. The van der Waals surface area contributed by atoms with Crippen molar-refractivity contribution < 1.29 is 6.51 Å². The Hall–Kier alpha value is 0.519. The SMILES string of the molecule is CC[C]12[CH]3[CH]4[CH]5[CH]1[Fe]45321678[CH]2[CH]1[C]6(CC)[C]7(CC)[CH]28. The molecule has 1 heteroatoms. The molecule has 0 nitrogen and oxygen atoms in total. The third kappa shape index (κ3) is 0.0559. The molecule has 0 amide bonds. The molecule has 0 aromatic rings. The molecule has 10 aliphatic rings. The van der Waals surface area contributed by atoms with Crippen molar-refractivity contribution in [3.05, 3.63) is 0 Å². The van der Waals surface area contributed by atoms with Gasteiger partial charge in [-0.25, -0.2) is 0 Å². The second-order valence-corrected chi connectivity index (χ2v) is 34.6. The predicted octanol–water partition coefficient (Wildman–Crippen LogP) is 5.72. The van der Waals surface area contributed by atoms with Crippen molar-refractivity contribution >= 4 is 0 Å². The van der Waals surface area contributed by atoms with Gasteiger partial charge in [-0.1, -0.05) is 0 Å². The minimum absolute atomic E-state index is 1.14. The van der Waals surface area contributed by atoms with E-state index in [2.05, 4.69) is 20.8 Å². The molecule has 10 rings (SSSR count). The van der Waals surface area contributed by atoms with Crippen molar-refractivity contribution in [2.24, 2.45) is 0 Å². The molecule has 94 valence electrons. The maximum absolute atomic E-state index is 2.94. The van der Waals surface area contributed by atoms with Crippen LogP contribution in [0.3, 0.4) is 0 Å². The zero-order valence-electron chi connectivity index (χ0n) is 11.0. The molecule has 0 radical (unpaired) electrons. The topological polar surface area (TPSA) is 0 Å². The molecule has 10 fully saturated rings. The van der Waals surface area contributed by atoms with Gasteiger partial charge in [-0.3, -0.25) is 0 Å². The minimum atomic E-state index is -2.94. The molecular formula is C16H22Fe. The zero-order valence-corrected chi connectivity index (χ0v) is 12.1. The van der Waals surface area contributed by atoms with Crippen molar-refractivity contribution in [3.8, 4) is 0 Å². The average Bonchev–Trinajstić information content (AvgIpc) is 3.31. The predicted molar refractivity (Wildman–Crippen MR) is 65.2 cm³/mol. The number of hydrogen-bond acceptors (Lipinski definition) is 0. The van der Waals surface area contributed by atoms with Gasteiger partial charge in [0, 0.05) is 0 Å². The second kappa shape index (κ2) is 0.519. The zero-order chi connectivity index (χ0) is 11.0. The number of hydrogen-bond donors (Lipinski definition) is 0. The molecule has 0 aromatic carbocycles. The Bertz CT molecular complexity index is 963. The first-order chi connectivity index (χ1) is 8.01. The molecule has 10 heterocycles. The van der Waals surface area contributed by atoms with Gasteiger partial charge in [0.2, 0.25) is 0 Å². The molecule has 0 aromatic heterocycles. The Morgan fingerprint density at radius 1 is 0.706 bits per heavy atom. The van der Waals surface area contributed by atoms with Crippen molar-refractivity contribution in [2.45, 2.75) is 86.7 Å². The summed E-state index contributed by atoms with van der Waals surface area (Å²) >= 11 is 0. The van der Waals surface area contributed by atoms with Gasteiger partial charge >= 0.3 is 93.2 Å². The van der Waals surface area contributed by atoms with E-state index in [1.165, 1.54) is 33.7 Å². The molecule has 8 atom stereocenters. The van der Waals surface area contributed by atoms with Gasteiger partial charge in [0.1, 0.15) is 0 Å². The van der Waals surface area contributed by atoms with Crippen LogP contribution in [0.4, 0.5) is 0 Å². The Morgan fingerprint density at radius 2 is 1.24 bits per heavy atom. The molecule has 0 N–H and O–H groups in total. The van der Waals surface area contributed by atoms with E-state index in [9.17, 15) is 0 Å². The summed E-state index contributed by atoms with van der Waals surface area (Å²) in [5.41, 5.74) is 0. The van der Waals surface area contributed by atoms with Crippen molar-refractivity contribution in [1.29, 1.82) is 0 Å². The van der Waals surface area contributed by atoms with Crippen LogP contribution in [0.15, 0.2) is 0 Å². The summed E-state index contributed by atoms with van der Waals surface area (Å²) in [5, 5.41) is 0. The molecule has 1 spiro atoms. The summed E-state index contributed by atoms with van der Waals surface area (Å²) in [7, 11) is 0. The van der Waals surface area contributed by atoms with Crippen molar-refractivity contribution in [1.82, 2.24) is 0 Å². The van der Waals surface area contributed by atoms with E-state index < -0.39 is 6.51 Å². The Kier molecular flexibility index (Phi) is 0.208. The maximum atomic E-state index is 2.63. The molecule has 0 saturated carbocycles. The number of fused-ring (bicyclic) bond motifs is 10. The van der Waals surface area contributed by atoms with E-state index in [0.29, 0.717) is 0 Å². The molecule has 10 aliphatic heterocycles. The third-order valence-electron chi connectivity index (χ3n) is 17.5. The summed E-state index contributed by atoms with van der Waals surface area (Å²) in [6, 6.07) is 0. The van der Waals surface area contributed by atoms with Crippen LogP contribution < -0.4 is 0 Å². The Morgan fingerprint density at radius 3 is 1.47 bits per heavy atom. The molecule has 10 saturated heterocycles. The average molecular weight is 270 g/mol. The first-order valence-electron chi connectivity index (χ1n) is 8.21. The standard InChI is InChI=1S/C9H13.C7H9.Fe/c1-3-8-6-5-7-9(8)4-2;1-2-7-5-3-4-6-7;/h5-7H,3-4H2,1-2H3;3-6H,2H2,1H3;.